The molecule has 0 aromatic carbocycles. The summed E-state index contributed by atoms with van der Waals surface area (Å²) in [5.74, 6) is 0. The molecule has 3 rings (SSSR count). The fraction of sp³-hybridized carbons (Fsp3) is 0.583. The van der Waals surface area contributed by atoms with E-state index in [2.05, 4.69) is 4.98 Å². The number of aryl methyl sites for hydroxylation is 1. The smallest absolute Gasteiger partial charge is 0.332 e. The molecule has 1 saturated heterocycles. The summed E-state index contributed by atoms with van der Waals surface area (Å²) >= 11 is 0. The number of fused-ring (bicyclic) bond motifs is 1. The number of imidazole rings is 1. The summed E-state index contributed by atoms with van der Waals surface area (Å²) in [5.41, 5.74) is -0.900. The van der Waals surface area contributed by atoms with Crippen LogP contribution in [0.25, 0.3) is 11.2 Å². The largest absolute Gasteiger partial charge is 0.394 e. The molecule has 0 bridgehead atoms. The summed E-state index contributed by atoms with van der Waals surface area (Å²) < 4.78 is 8.78. The maximum Gasteiger partial charge on any atom is 0.332 e. The van der Waals surface area contributed by atoms with Crippen molar-refractivity contribution in [1.29, 1.82) is 0 Å². The minimum absolute atomic E-state index is 0.0689. The van der Waals surface area contributed by atoms with Crippen molar-refractivity contribution in [3.63, 3.8) is 0 Å². The first-order valence-electron chi connectivity index (χ1n) is 6.63. The summed E-state index contributed by atoms with van der Waals surface area (Å²) in [5, 5.41) is 29.0. The molecular weight excluding hydrogens is 296 g/mol. The fourth-order valence-corrected chi connectivity index (χ4v) is 2.67. The minimum Gasteiger partial charge on any atom is -0.394 e. The second kappa shape index (κ2) is 5.02. The van der Waals surface area contributed by atoms with E-state index < -0.39 is 42.4 Å². The Hall–Kier alpha value is -2.01. The molecule has 0 saturated carbocycles. The predicted octanol–water partition coefficient (Wildman–Crippen LogP) is -2.95. The van der Waals surface area contributed by atoms with Gasteiger partial charge in [-0.15, -0.1) is 0 Å². The van der Waals surface area contributed by atoms with Crippen LogP contribution in [0.3, 0.4) is 0 Å². The Kier molecular flexibility index (Phi) is 3.40. The molecule has 3 heterocycles. The summed E-state index contributed by atoms with van der Waals surface area (Å²) in [6.07, 6.45) is -3.41. The molecule has 0 amide bonds. The highest BCUT2D eigenvalue weighted by Gasteiger charge is 2.44. The molecule has 0 unspecified atom stereocenters. The average Bonchev–Trinajstić information content (AvgIpc) is 3.06. The van der Waals surface area contributed by atoms with Crippen LogP contribution in [-0.2, 0) is 18.8 Å². The quantitative estimate of drug-likeness (QED) is 0.540. The van der Waals surface area contributed by atoms with E-state index in [-0.39, 0.29) is 11.2 Å². The highest BCUT2D eigenvalue weighted by Crippen LogP contribution is 2.30. The molecule has 120 valence electrons. The topological polar surface area (TPSA) is 132 Å². The van der Waals surface area contributed by atoms with Crippen molar-refractivity contribution in [3.8, 4) is 0 Å². The maximum atomic E-state index is 12.3. The van der Waals surface area contributed by atoms with E-state index >= 15 is 0 Å². The van der Waals surface area contributed by atoms with Crippen LogP contribution < -0.4 is 11.2 Å². The normalized spacial score (nSPS) is 28.6. The van der Waals surface area contributed by atoms with Gasteiger partial charge in [-0.3, -0.25) is 18.5 Å². The standard InChI is InChI=1S/C12H16N4O6/c1-14-9-6(10(20)15(2)12(14)21)16(4-13-9)11-8(19)7(18)5(3-17)22-11/h4-5,7-8,11,17-19H,3H2,1-2H3/t5-,7+,8-,11-/m0/s1. The SMILES string of the molecule is Cn1c(=O)c2c(ncn2[C@H]2O[C@@H](CO)[C@@H](O)[C@@H]2O)n(C)c1=O. The van der Waals surface area contributed by atoms with Gasteiger partial charge in [-0.05, 0) is 0 Å². The highest BCUT2D eigenvalue weighted by atomic mass is 16.6. The van der Waals surface area contributed by atoms with Crippen molar-refractivity contribution in [3.05, 3.63) is 27.2 Å². The van der Waals surface area contributed by atoms with E-state index in [0.717, 1.165) is 4.57 Å². The zero-order valence-electron chi connectivity index (χ0n) is 11.9. The van der Waals surface area contributed by atoms with E-state index in [4.69, 9.17) is 9.84 Å². The number of aliphatic hydroxyl groups excluding tert-OH is 3. The maximum absolute atomic E-state index is 12.3. The number of ether oxygens (including phenoxy) is 1. The molecule has 3 N–H and O–H groups in total. The van der Waals surface area contributed by atoms with Crippen molar-refractivity contribution in [2.45, 2.75) is 24.5 Å². The summed E-state index contributed by atoms with van der Waals surface area (Å²) in [4.78, 5) is 28.2. The molecule has 0 aliphatic carbocycles. The summed E-state index contributed by atoms with van der Waals surface area (Å²) in [6.45, 7) is -0.474. The van der Waals surface area contributed by atoms with Gasteiger partial charge in [0.25, 0.3) is 5.56 Å². The predicted molar refractivity (Wildman–Crippen MR) is 73.2 cm³/mol. The number of aliphatic hydroxyl groups is 3. The number of aromatic nitrogens is 4. The van der Waals surface area contributed by atoms with Gasteiger partial charge in [-0.2, -0.15) is 0 Å². The lowest BCUT2D eigenvalue weighted by Gasteiger charge is -2.17. The summed E-state index contributed by atoms with van der Waals surface area (Å²) in [7, 11) is 2.80. The molecule has 1 aliphatic rings. The first-order valence-corrected chi connectivity index (χ1v) is 6.63. The fourth-order valence-electron chi connectivity index (χ4n) is 2.67. The van der Waals surface area contributed by atoms with Crippen LogP contribution in [-0.4, -0.2) is 58.9 Å². The van der Waals surface area contributed by atoms with Crippen molar-refractivity contribution >= 4 is 11.2 Å². The van der Waals surface area contributed by atoms with E-state index in [1.54, 1.807) is 0 Å². The molecule has 1 aliphatic heterocycles. The Labute approximate surface area is 123 Å². The zero-order valence-corrected chi connectivity index (χ0v) is 11.9. The van der Waals surface area contributed by atoms with Crippen molar-refractivity contribution < 1.29 is 20.1 Å². The highest BCUT2D eigenvalue weighted by molar-refractivity contribution is 5.70. The minimum atomic E-state index is -1.34. The zero-order chi connectivity index (χ0) is 16.2. The van der Waals surface area contributed by atoms with E-state index in [1.165, 1.54) is 29.6 Å². The lowest BCUT2D eigenvalue weighted by molar-refractivity contribution is -0.0509. The molecule has 10 nitrogen and oxygen atoms in total. The van der Waals surface area contributed by atoms with Gasteiger partial charge in [0.2, 0.25) is 0 Å². The van der Waals surface area contributed by atoms with Gasteiger partial charge in [-0.25, -0.2) is 9.78 Å². The Morgan fingerprint density at radius 2 is 1.91 bits per heavy atom. The van der Waals surface area contributed by atoms with Gasteiger partial charge >= 0.3 is 5.69 Å². The molecule has 10 heteroatoms. The monoisotopic (exact) mass is 312 g/mol. The van der Waals surface area contributed by atoms with Crippen LogP contribution in [0.4, 0.5) is 0 Å². The molecule has 2 aromatic heterocycles. The van der Waals surface area contributed by atoms with E-state index in [0.29, 0.717) is 0 Å². The molecule has 1 fully saturated rings. The van der Waals surface area contributed by atoms with Crippen LogP contribution in [0.1, 0.15) is 6.23 Å². The summed E-state index contributed by atoms with van der Waals surface area (Å²) in [6, 6.07) is 0. The second-order valence-electron chi connectivity index (χ2n) is 5.26. The Balaban J connectivity index is 2.22. The third-order valence-electron chi connectivity index (χ3n) is 3.96. The van der Waals surface area contributed by atoms with Crippen molar-refractivity contribution in [2.75, 3.05) is 6.61 Å². The van der Waals surface area contributed by atoms with Gasteiger partial charge < -0.3 is 20.1 Å². The van der Waals surface area contributed by atoms with Gasteiger partial charge in [-0.1, -0.05) is 0 Å². The van der Waals surface area contributed by atoms with Crippen LogP contribution in [0, 0.1) is 0 Å². The molecule has 2 aromatic rings. The Morgan fingerprint density at radius 1 is 1.23 bits per heavy atom. The van der Waals surface area contributed by atoms with Crippen LogP contribution in [0.15, 0.2) is 15.9 Å². The van der Waals surface area contributed by atoms with Gasteiger partial charge in [0, 0.05) is 14.1 Å². The van der Waals surface area contributed by atoms with Crippen LogP contribution in [0.2, 0.25) is 0 Å². The average molecular weight is 312 g/mol. The first-order chi connectivity index (χ1) is 10.4. The van der Waals surface area contributed by atoms with Gasteiger partial charge in [0.05, 0.1) is 12.9 Å². The Morgan fingerprint density at radius 3 is 2.50 bits per heavy atom. The van der Waals surface area contributed by atoms with Crippen molar-refractivity contribution in [1.82, 2.24) is 18.7 Å². The molecule has 22 heavy (non-hydrogen) atoms. The molecule has 0 radical (unpaired) electrons. The van der Waals surface area contributed by atoms with Crippen LogP contribution in [0.5, 0.6) is 0 Å². The van der Waals surface area contributed by atoms with Crippen LogP contribution >= 0.6 is 0 Å². The third kappa shape index (κ3) is 1.85. The number of rotatable bonds is 2. The van der Waals surface area contributed by atoms with Gasteiger partial charge in [0.15, 0.2) is 17.4 Å². The van der Waals surface area contributed by atoms with Gasteiger partial charge in [0.1, 0.15) is 18.3 Å². The number of nitrogens with zero attached hydrogens (tertiary/aromatic N) is 4. The van der Waals surface area contributed by atoms with E-state index in [9.17, 15) is 19.8 Å². The van der Waals surface area contributed by atoms with E-state index in [1.807, 2.05) is 0 Å². The molecular formula is C12H16N4O6. The Bertz CT molecular complexity index is 836. The lowest BCUT2D eigenvalue weighted by Crippen LogP contribution is -2.38. The molecule has 0 spiro atoms. The first kappa shape index (κ1) is 14.9. The third-order valence-corrected chi connectivity index (χ3v) is 3.96. The molecule has 4 atom stereocenters. The number of hydrogen-bond donors (Lipinski definition) is 3. The lowest BCUT2D eigenvalue weighted by atomic mass is 10.1. The number of hydrogen-bond acceptors (Lipinski definition) is 7. The van der Waals surface area contributed by atoms with Crippen molar-refractivity contribution in [2.24, 2.45) is 14.1 Å². The second-order valence-corrected chi connectivity index (χ2v) is 5.26.